The van der Waals surface area contributed by atoms with Crippen LogP contribution in [0, 0.1) is 13.8 Å². The summed E-state index contributed by atoms with van der Waals surface area (Å²) in [5, 5.41) is 0. The van der Waals surface area contributed by atoms with Crippen LogP contribution in [-0.2, 0) is 9.53 Å². The van der Waals surface area contributed by atoms with Gasteiger partial charge in [-0.05, 0) is 43.9 Å². The number of ether oxygens (including phenoxy) is 1. The highest BCUT2D eigenvalue weighted by molar-refractivity contribution is 5.98. The summed E-state index contributed by atoms with van der Waals surface area (Å²) in [6.07, 6.45) is 5.22. The first kappa shape index (κ1) is 17.2. The van der Waals surface area contributed by atoms with E-state index in [-0.39, 0.29) is 30.3 Å². The minimum atomic E-state index is 0.0555. The molecule has 1 heterocycles. The molecule has 130 valence electrons. The molecule has 3 rings (SSSR count). The number of morpholine rings is 1. The Morgan fingerprint density at radius 3 is 2.71 bits per heavy atom. The number of hydrogen-bond acceptors (Lipinski definition) is 3. The summed E-state index contributed by atoms with van der Waals surface area (Å²) in [5.74, 6) is 0.160. The Labute approximate surface area is 144 Å². The lowest BCUT2D eigenvalue weighted by Gasteiger charge is -2.43. The molecule has 0 spiro atoms. The number of hydrogen-bond donors (Lipinski definition) is 0. The van der Waals surface area contributed by atoms with E-state index >= 15 is 0 Å². The fourth-order valence-corrected chi connectivity index (χ4v) is 3.83. The van der Waals surface area contributed by atoms with Crippen molar-refractivity contribution >= 4 is 11.7 Å². The normalized spacial score (nSPS) is 23.7. The monoisotopic (exact) mass is 329 g/mol. The van der Waals surface area contributed by atoms with Crippen LogP contribution in [0.15, 0.2) is 18.2 Å². The van der Waals surface area contributed by atoms with Crippen LogP contribution in [0.3, 0.4) is 0 Å². The molecule has 1 amide bonds. The summed E-state index contributed by atoms with van der Waals surface area (Å²) in [4.78, 5) is 27.0. The van der Waals surface area contributed by atoms with Gasteiger partial charge in [-0.1, -0.05) is 25.0 Å². The molecule has 2 atom stereocenters. The third-order valence-electron chi connectivity index (χ3n) is 5.45. The number of amides is 1. The third-order valence-corrected chi connectivity index (χ3v) is 5.45. The predicted molar refractivity (Wildman–Crippen MR) is 93.2 cm³/mol. The molecule has 0 N–H and O–H groups in total. The SMILES string of the molecule is Cc1ccc(C(=O)CCC(=O)N2CCOC3CCCCC32)cc1C. The zero-order valence-corrected chi connectivity index (χ0v) is 14.7. The Morgan fingerprint density at radius 2 is 1.92 bits per heavy atom. The molecule has 2 aliphatic rings. The first-order valence-electron chi connectivity index (χ1n) is 9.08. The molecule has 4 heteroatoms. The Bertz CT molecular complexity index is 623. The van der Waals surface area contributed by atoms with Gasteiger partial charge in [0.25, 0.3) is 0 Å². The average Bonchev–Trinajstić information content (AvgIpc) is 2.61. The van der Waals surface area contributed by atoms with Crippen molar-refractivity contribution in [3.63, 3.8) is 0 Å². The number of ketones is 1. The summed E-state index contributed by atoms with van der Waals surface area (Å²) in [7, 11) is 0. The van der Waals surface area contributed by atoms with E-state index in [1.54, 1.807) is 0 Å². The zero-order chi connectivity index (χ0) is 17.1. The standard InChI is InChI=1S/C20H27NO3/c1-14-7-8-16(13-15(14)2)18(22)9-10-20(23)21-11-12-24-19-6-4-3-5-17(19)21/h7-8,13,17,19H,3-6,9-12H2,1-2H3. The van der Waals surface area contributed by atoms with Gasteiger partial charge in [-0.15, -0.1) is 0 Å². The molecule has 0 radical (unpaired) electrons. The van der Waals surface area contributed by atoms with E-state index in [4.69, 9.17) is 4.74 Å². The minimum Gasteiger partial charge on any atom is -0.374 e. The number of benzene rings is 1. The summed E-state index contributed by atoms with van der Waals surface area (Å²) < 4.78 is 5.82. The molecule has 1 aromatic rings. The second kappa shape index (κ2) is 7.47. The average molecular weight is 329 g/mol. The lowest BCUT2D eigenvalue weighted by molar-refractivity contribution is -0.149. The smallest absolute Gasteiger partial charge is 0.223 e. The minimum absolute atomic E-state index is 0.0555. The van der Waals surface area contributed by atoms with Crippen molar-refractivity contribution in [3.05, 3.63) is 34.9 Å². The van der Waals surface area contributed by atoms with Gasteiger partial charge < -0.3 is 9.64 Å². The predicted octanol–water partition coefficient (Wildman–Crippen LogP) is 3.44. The van der Waals surface area contributed by atoms with Crippen molar-refractivity contribution in [1.29, 1.82) is 0 Å². The summed E-state index contributed by atoms with van der Waals surface area (Å²) in [6, 6.07) is 5.98. The van der Waals surface area contributed by atoms with Gasteiger partial charge in [-0.3, -0.25) is 9.59 Å². The number of aryl methyl sites for hydroxylation is 2. The van der Waals surface area contributed by atoms with Gasteiger partial charge in [0.2, 0.25) is 5.91 Å². The molecule has 1 aromatic carbocycles. The highest BCUT2D eigenvalue weighted by atomic mass is 16.5. The third kappa shape index (κ3) is 3.69. The van der Waals surface area contributed by atoms with Gasteiger partial charge in [-0.2, -0.15) is 0 Å². The Kier molecular flexibility index (Phi) is 5.34. The van der Waals surface area contributed by atoms with Crippen molar-refractivity contribution in [1.82, 2.24) is 4.90 Å². The molecule has 1 saturated heterocycles. The van der Waals surface area contributed by atoms with Crippen molar-refractivity contribution < 1.29 is 14.3 Å². The maximum Gasteiger partial charge on any atom is 0.223 e. The molecule has 2 unspecified atom stereocenters. The van der Waals surface area contributed by atoms with Crippen LogP contribution in [0.4, 0.5) is 0 Å². The Hall–Kier alpha value is -1.68. The molecule has 1 saturated carbocycles. The molecule has 4 nitrogen and oxygen atoms in total. The number of nitrogens with zero attached hydrogens (tertiary/aromatic N) is 1. The lowest BCUT2D eigenvalue weighted by atomic mass is 9.90. The van der Waals surface area contributed by atoms with E-state index in [1.807, 2.05) is 36.9 Å². The summed E-state index contributed by atoms with van der Waals surface area (Å²) in [6.45, 7) is 5.33. The van der Waals surface area contributed by atoms with Crippen LogP contribution in [0.5, 0.6) is 0 Å². The fourth-order valence-electron chi connectivity index (χ4n) is 3.83. The van der Waals surface area contributed by atoms with Crippen molar-refractivity contribution in [2.75, 3.05) is 13.2 Å². The number of fused-ring (bicyclic) bond motifs is 1. The van der Waals surface area contributed by atoms with Crippen LogP contribution in [0.2, 0.25) is 0 Å². The van der Waals surface area contributed by atoms with E-state index in [0.717, 1.165) is 24.8 Å². The summed E-state index contributed by atoms with van der Waals surface area (Å²) in [5.41, 5.74) is 3.01. The summed E-state index contributed by atoms with van der Waals surface area (Å²) >= 11 is 0. The first-order valence-corrected chi connectivity index (χ1v) is 9.08. The van der Waals surface area contributed by atoms with E-state index in [2.05, 4.69) is 0 Å². The van der Waals surface area contributed by atoms with Crippen LogP contribution >= 0.6 is 0 Å². The highest BCUT2D eigenvalue weighted by Gasteiger charge is 2.36. The molecule has 0 bridgehead atoms. The maximum atomic E-state index is 12.6. The van der Waals surface area contributed by atoms with Gasteiger partial charge in [-0.25, -0.2) is 0 Å². The van der Waals surface area contributed by atoms with Crippen LogP contribution in [0.25, 0.3) is 0 Å². The van der Waals surface area contributed by atoms with Crippen LogP contribution < -0.4 is 0 Å². The highest BCUT2D eigenvalue weighted by Crippen LogP contribution is 2.29. The maximum absolute atomic E-state index is 12.6. The molecular formula is C20H27NO3. The second-order valence-corrected chi connectivity index (χ2v) is 7.07. The van der Waals surface area contributed by atoms with E-state index in [9.17, 15) is 9.59 Å². The van der Waals surface area contributed by atoms with E-state index in [0.29, 0.717) is 25.1 Å². The number of carbonyl (C=O) groups is 2. The number of carbonyl (C=O) groups excluding carboxylic acids is 2. The molecular weight excluding hydrogens is 302 g/mol. The first-order chi connectivity index (χ1) is 11.6. The second-order valence-electron chi connectivity index (χ2n) is 7.07. The van der Waals surface area contributed by atoms with E-state index < -0.39 is 0 Å². The zero-order valence-electron chi connectivity index (χ0n) is 14.7. The number of Topliss-reactive ketones (excluding diaryl/α,β-unsaturated/α-hetero) is 1. The Balaban J connectivity index is 1.58. The molecule has 1 aliphatic carbocycles. The number of rotatable bonds is 4. The van der Waals surface area contributed by atoms with Crippen molar-refractivity contribution in [2.24, 2.45) is 0 Å². The van der Waals surface area contributed by atoms with Gasteiger partial charge in [0.1, 0.15) is 0 Å². The van der Waals surface area contributed by atoms with Gasteiger partial charge >= 0.3 is 0 Å². The molecule has 0 aromatic heterocycles. The van der Waals surface area contributed by atoms with Gasteiger partial charge in [0.15, 0.2) is 5.78 Å². The van der Waals surface area contributed by atoms with Crippen molar-refractivity contribution in [2.45, 2.75) is 64.5 Å². The topological polar surface area (TPSA) is 46.6 Å². The molecule has 24 heavy (non-hydrogen) atoms. The molecule has 1 aliphatic heterocycles. The van der Waals surface area contributed by atoms with Crippen molar-refractivity contribution in [3.8, 4) is 0 Å². The Morgan fingerprint density at radius 1 is 1.12 bits per heavy atom. The van der Waals surface area contributed by atoms with Crippen LogP contribution in [0.1, 0.15) is 60.0 Å². The molecule has 2 fully saturated rings. The largest absolute Gasteiger partial charge is 0.374 e. The van der Waals surface area contributed by atoms with Gasteiger partial charge in [0.05, 0.1) is 18.8 Å². The fraction of sp³-hybridized carbons (Fsp3) is 0.600. The van der Waals surface area contributed by atoms with E-state index in [1.165, 1.54) is 12.0 Å². The quantitative estimate of drug-likeness (QED) is 0.795. The lowest BCUT2D eigenvalue weighted by Crippen LogP contribution is -2.54. The van der Waals surface area contributed by atoms with Crippen LogP contribution in [-0.4, -0.2) is 41.9 Å². The van der Waals surface area contributed by atoms with Gasteiger partial charge in [0, 0.05) is 24.9 Å².